The van der Waals surface area contributed by atoms with Gasteiger partial charge in [-0.3, -0.25) is 9.69 Å². The van der Waals surface area contributed by atoms with Crippen LogP contribution in [0.2, 0.25) is 0 Å². The zero-order valence-corrected chi connectivity index (χ0v) is 13.1. The highest BCUT2D eigenvalue weighted by atomic mass is 16.6. The minimum atomic E-state index is -0.534. The molecule has 0 radical (unpaired) electrons. The summed E-state index contributed by atoms with van der Waals surface area (Å²) in [6, 6.07) is 7.61. The second-order valence-corrected chi connectivity index (χ2v) is 7.41. The van der Waals surface area contributed by atoms with Crippen molar-refractivity contribution in [2.24, 2.45) is 11.3 Å². The quantitative estimate of drug-likeness (QED) is 0.736. The number of hydrogen-bond donors (Lipinski definition) is 0. The molecule has 2 atom stereocenters. The third kappa shape index (κ3) is 1.70. The van der Waals surface area contributed by atoms with Crippen molar-refractivity contribution < 1.29 is 14.3 Å². The van der Waals surface area contributed by atoms with Gasteiger partial charge in [0.2, 0.25) is 0 Å². The molecule has 2 unspecified atom stereocenters. The highest BCUT2D eigenvalue weighted by molar-refractivity contribution is 6.11. The Kier molecular flexibility index (Phi) is 2.47. The van der Waals surface area contributed by atoms with Gasteiger partial charge in [-0.25, -0.2) is 4.79 Å². The van der Waals surface area contributed by atoms with Gasteiger partial charge in [-0.15, -0.1) is 0 Å². The summed E-state index contributed by atoms with van der Waals surface area (Å²) in [5.74, 6) is 0.406. The maximum absolute atomic E-state index is 12.9. The van der Waals surface area contributed by atoms with Gasteiger partial charge in [-0.2, -0.15) is 0 Å². The first-order chi connectivity index (χ1) is 10.3. The number of ketones is 1. The van der Waals surface area contributed by atoms with Crippen molar-refractivity contribution in [3.05, 3.63) is 41.1 Å². The fourth-order valence-corrected chi connectivity index (χ4v) is 3.73. The summed E-state index contributed by atoms with van der Waals surface area (Å²) in [6.45, 7) is 6.15. The number of hydrogen-bond acceptors (Lipinski definition) is 3. The van der Waals surface area contributed by atoms with Crippen LogP contribution < -0.4 is 0 Å². The Bertz CT molecular complexity index is 728. The van der Waals surface area contributed by atoms with Crippen LogP contribution in [0.5, 0.6) is 0 Å². The van der Waals surface area contributed by atoms with E-state index in [1.807, 2.05) is 51.1 Å². The summed E-state index contributed by atoms with van der Waals surface area (Å²) >= 11 is 0. The number of rotatable bonds is 0. The SMILES string of the molecule is CC(C)(C)OC(=O)N1CC2CC23C(=O)c2ccccc2C=C13. The summed E-state index contributed by atoms with van der Waals surface area (Å²) in [5.41, 5.74) is 1.50. The molecule has 4 heteroatoms. The monoisotopic (exact) mass is 297 g/mol. The first-order valence-corrected chi connectivity index (χ1v) is 7.69. The molecule has 1 saturated carbocycles. The minimum Gasteiger partial charge on any atom is -0.443 e. The normalized spacial score (nSPS) is 28.5. The standard InChI is InChI=1S/C18H19NO3/c1-17(2,3)22-16(21)19-10-12-9-18(12)14(19)8-11-6-4-5-7-13(11)15(18)20/h4-8,12H,9-10H2,1-3H3. The average Bonchev–Trinajstić information content (AvgIpc) is 3.06. The van der Waals surface area contributed by atoms with Crippen molar-refractivity contribution in [2.75, 3.05) is 6.54 Å². The molecule has 1 aromatic carbocycles. The third-order valence-electron chi connectivity index (χ3n) is 4.77. The molecule has 114 valence electrons. The molecule has 0 aromatic heterocycles. The van der Waals surface area contributed by atoms with Crippen molar-refractivity contribution in [1.82, 2.24) is 4.90 Å². The first kappa shape index (κ1) is 13.6. The molecule has 4 rings (SSSR count). The molecule has 4 nitrogen and oxygen atoms in total. The Hall–Kier alpha value is -2.10. The molecule has 1 saturated heterocycles. The zero-order chi connectivity index (χ0) is 15.7. The fraction of sp³-hybridized carbons (Fsp3) is 0.444. The number of Topliss-reactive ketones (excluding diaryl/α,β-unsaturated/α-hetero) is 1. The van der Waals surface area contributed by atoms with Crippen LogP contribution in [0, 0.1) is 11.3 Å². The number of likely N-dealkylation sites (tertiary alicyclic amines) is 1. The molecule has 0 bridgehead atoms. The molecule has 1 aliphatic heterocycles. The Morgan fingerprint density at radius 1 is 1.32 bits per heavy atom. The lowest BCUT2D eigenvalue weighted by molar-refractivity contribution is 0.0322. The van der Waals surface area contributed by atoms with Gasteiger partial charge >= 0.3 is 6.09 Å². The number of fused-ring (bicyclic) bond motifs is 1. The predicted molar refractivity (Wildman–Crippen MR) is 82.2 cm³/mol. The average molecular weight is 297 g/mol. The molecule has 1 heterocycles. The summed E-state index contributed by atoms with van der Waals surface area (Å²) in [7, 11) is 0. The lowest BCUT2D eigenvalue weighted by atomic mass is 9.83. The Morgan fingerprint density at radius 3 is 2.77 bits per heavy atom. The van der Waals surface area contributed by atoms with Gasteiger partial charge in [0.05, 0.1) is 5.41 Å². The van der Waals surface area contributed by atoms with E-state index >= 15 is 0 Å². The smallest absolute Gasteiger partial charge is 0.414 e. The van der Waals surface area contributed by atoms with E-state index in [4.69, 9.17) is 4.74 Å². The molecular formula is C18H19NO3. The Labute approximate surface area is 129 Å². The van der Waals surface area contributed by atoms with Crippen molar-refractivity contribution in [1.29, 1.82) is 0 Å². The van der Waals surface area contributed by atoms with Gasteiger partial charge < -0.3 is 4.74 Å². The van der Waals surface area contributed by atoms with Crippen LogP contribution in [0.15, 0.2) is 30.0 Å². The maximum atomic E-state index is 12.9. The van der Waals surface area contributed by atoms with Crippen LogP contribution in [0.4, 0.5) is 4.79 Å². The van der Waals surface area contributed by atoms with E-state index in [0.717, 1.165) is 23.2 Å². The van der Waals surface area contributed by atoms with Crippen molar-refractivity contribution in [2.45, 2.75) is 32.8 Å². The van der Waals surface area contributed by atoms with Gasteiger partial charge in [-0.1, -0.05) is 24.3 Å². The number of ether oxygens (including phenoxy) is 1. The molecule has 2 fully saturated rings. The molecule has 3 aliphatic rings. The van der Waals surface area contributed by atoms with Crippen LogP contribution in [0.3, 0.4) is 0 Å². The second kappa shape index (κ2) is 4.00. The number of carbonyl (C=O) groups excluding carboxylic acids is 2. The van der Waals surface area contributed by atoms with Crippen LogP contribution >= 0.6 is 0 Å². The lowest BCUT2D eigenvalue weighted by Gasteiger charge is -2.30. The van der Waals surface area contributed by atoms with Crippen LogP contribution in [-0.4, -0.2) is 28.9 Å². The van der Waals surface area contributed by atoms with Crippen LogP contribution in [0.1, 0.15) is 43.1 Å². The molecule has 0 N–H and O–H groups in total. The molecule has 1 aromatic rings. The first-order valence-electron chi connectivity index (χ1n) is 7.69. The van der Waals surface area contributed by atoms with Gasteiger partial charge in [-0.05, 0) is 44.7 Å². The summed E-state index contributed by atoms with van der Waals surface area (Å²) in [5, 5.41) is 0. The van der Waals surface area contributed by atoms with E-state index in [1.54, 1.807) is 4.90 Å². The number of allylic oxidation sites excluding steroid dienone is 1. The highest BCUT2D eigenvalue weighted by Gasteiger charge is 2.70. The lowest BCUT2D eigenvalue weighted by Crippen LogP contribution is -2.37. The van der Waals surface area contributed by atoms with E-state index in [-0.39, 0.29) is 17.8 Å². The van der Waals surface area contributed by atoms with E-state index in [9.17, 15) is 9.59 Å². The van der Waals surface area contributed by atoms with Crippen molar-refractivity contribution in [3.63, 3.8) is 0 Å². The fourth-order valence-electron chi connectivity index (χ4n) is 3.73. The molecule has 1 amide bonds. The van der Waals surface area contributed by atoms with Crippen LogP contribution in [-0.2, 0) is 4.74 Å². The summed E-state index contributed by atoms with van der Waals surface area (Å²) in [6.07, 6.45) is 2.50. The number of nitrogens with zero attached hydrogens (tertiary/aromatic N) is 1. The molecule has 22 heavy (non-hydrogen) atoms. The van der Waals surface area contributed by atoms with Gasteiger partial charge in [0.25, 0.3) is 0 Å². The number of benzene rings is 1. The van der Waals surface area contributed by atoms with Gasteiger partial charge in [0.1, 0.15) is 5.60 Å². The maximum Gasteiger partial charge on any atom is 0.414 e. The highest BCUT2D eigenvalue weighted by Crippen LogP contribution is 2.67. The van der Waals surface area contributed by atoms with E-state index < -0.39 is 11.0 Å². The number of piperidine rings is 1. The molecular weight excluding hydrogens is 278 g/mol. The van der Waals surface area contributed by atoms with E-state index in [2.05, 4.69) is 0 Å². The summed E-state index contributed by atoms with van der Waals surface area (Å²) in [4.78, 5) is 27.0. The van der Waals surface area contributed by atoms with Crippen LogP contribution in [0.25, 0.3) is 6.08 Å². The minimum absolute atomic E-state index is 0.164. The number of carbonyl (C=O) groups is 2. The predicted octanol–water partition coefficient (Wildman–Crippen LogP) is 3.48. The third-order valence-corrected chi connectivity index (χ3v) is 4.77. The summed E-state index contributed by atoms with van der Waals surface area (Å²) < 4.78 is 5.49. The molecule has 2 aliphatic carbocycles. The number of amides is 1. The Morgan fingerprint density at radius 2 is 2.05 bits per heavy atom. The van der Waals surface area contributed by atoms with Gasteiger partial charge in [0, 0.05) is 17.8 Å². The second-order valence-electron chi connectivity index (χ2n) is 7.41. The largest absolute Gasteiger partial charge is 0.443 e. The van der Waals surface area contributed by atoms with Gasteiger partial charge in [0.15, 0.2) is 5.78 Å². The zero-order valence-electron chi connectivity index (χ0n) is 13.1. The van der Waals surface area contributed by atoms with Crippen molar-refractivity contribution in [3.8, 4) is 0 Å². The van der Waals surface area contributed by atoms with Crippen molar-refractivity contribution >= 4 is 18.0 Å². The molecule has 1 spiro atoms. The van der Waals surface area contributed by atoms with E-state index in [1.165, 1.54) is 0 Å². The Balaban J connectivity index is 1.75. The van der Waals surface area contributed by atoms with E-state index in [0.29, 0.717) is 6.54 Å². The topological polar surface area (TPSA) is 46.6 Å².